The molecule has 0 bridgehead atoms. The van der Waals surface area contributed by atoms with Gasteiger partial charge in [-0.2, -0.15) is 12.7 Å². The Bertz CT molecular complexity index is 410. The fourth-order valence-corrected chi connectivity index (χ4v) is 2.17. The third kappa shape index (κ3) is 1.92. The zero-order valence-corrected chi connectivity index (χ0v) is 9.75. The summed E-state index contributed by atoms with van der Waals surface area (Å²) in [5.74, 6) is 0.320. The SMILES string of the molecule is CC(Cl)c1nccn1S(=O)(=O)N(C)C. The van der Waals surface area contributed by atoms with Gasteiger partial charge in [0.1, 0.15) is 5.82 Å². The summed E-state index contributed by atoms with van der Waals surface area (Å²) in [6, 6.07) is 0. The maximum Gasteiger partial charge on any atom is 0.308 e. The first kappa shape index (κ1) is 11.5. The molecule has 14 heavy (non-hydrogen) atoms. The quantitative estimate of drug-likeness (QED) is 0.732. The second-order valence-corrected chi connectivity index (χ2v) is 5.66. The number of alkyl halides is 1. The van der Waals surface area contributed by atoms with Crippen molar-refractivity contribution in [2.75, 3.05) is 14.1 Å². The van der Waals surface area contributed by atoms with Crippen LogP contribution in [0.2, 0.25) is 0 Å². The Morgan fingerprint density at radius 1 is 1.57 bits per heavy atom. The first-order chi connectivity index (χ1) is 6.37. The van der Waals surface area contributed by atoms with Gasteiger partial charge in [0.15, 0.2) is 0 Å². The van der Waals surface area contributed by atoms with Crippen molar-refractivity contribution in [2.45, 2.75) is 12.3 Å². The lowest BCUT2D eigenvalue weighted by Gasteiger charge is -2.14. The summed E-state index contributed by atoms with van der Waals surface area (Å²) in [4.78, 5) is 3.89. The largest absolute Gasteiger partial charge is 0.308 e. The van der Waals surface area contributed by atoms with Crippen LogP contribution < -0.4 is 0 Å². The third-order valence-electron chi connectivity index (χ3n) is 1.70. The summed E-state index contributed by atoms with van der Waals surface area (Å²) in [7, 11) is -0.593. The van der Waals surface area contributed by atoms with Crippen LogP contribution in [0.4, 0.5) is 0 Å². The molecule has 0 amide bonds. The van der Waals surface area contributed by atoms with Crippen LogP contribution in [0.25, 0.3) is 0 Å². The Labute approximate surface area is 88.5 Å². The molecule has 0 saturated heterocycles. The number of hydrogen-bond acceptors (Lipinski definition) is 3. The van der Waals surface area contributed by atoms with Crippen molar-refractivity contribution in [3.63, 3.8) is 0 Å². The van der Waals surface area contributed by atoms with Crippen LogP contribution in [0.5, 0.6) is 0 Å². The Balaban J connectivity index is 3.27. The van der Waals surface area contributed by atoms with Gasteiger partial charge in [-0.1, -0.05) is 0 Å². The number of nitrogens with zero attached hydrogens (tertiary/aromatic N) is 3. The predicted octanol–water partition coefficient (Wildman–Crippen LogP) is 0.837. The zero-order chi connectivity index (χ0) is 10.9. The molecule has 1 aromatic rings. The van der Waals surface area contributed by atoms with Crippen LogP contribution >= 0.6 is 11.6 Å². The topological polar surface area (TPSA) is 55.2 Å². The van der Waals surface area contributed by atoms with Crippen molar-refractivity contribution < 1.29 is 8.42 Å². The highest BCUT2D eigenvalue weighted by Crippen LogP contribution is 2.19. The molecule has 1 unspecified atom stereocenters. The van der Waals surface area contributed by atoms with Crippen molar-refractivity contribution in [3.05, 3.63) is 18.2 Å². The molecular formula is C7H12ClN3O2S. The van der Waals surface area contributed by atoms with Crippen molar-refractivity contribution in [1.29, 1.82) is 0 Å². The Hall–Kier alpha value is -0.590. The van der Waals surface area contributed by atoms with Crippen molar-refractivity contribution >= 4 is 21.8 Å². The third-order valence-corrected chi connectivity index (χ3v) is 3.62. The normalized spacial score (nSPS) is 14.6. The average Bonchev–Trinajstić information content (AvgIpc) is 2.51. The average molecular weight is 238 g/mol. The highest BCUT2D eigenvalue weighted by atomic mass is 35.5. The van der Waals surface area contributed by atoms with Gasteiger partial charge in [0.05, 0.1) is 5.38 Å². The number of aromatic nitrogens is 2. The van der Waals surface area contributed by atoms with E-state index in [1.807, 2.05) is 0 Å². The summed E-state index contributed by atoms with van der Waals surface area (Å²) < 4.78 is 25.6. The van der Waals surface area contributed by atoms with Crippen molar-refractivity contribution in [1.82, 2.24) is 13.3 Å². The second-order valence-electron chi connectivity index (χ2n) is 2.99. The molecule has 0 aromatic carbocycles. The van der Waals surface area contributed by atoms with E-state index in [2.05, 4.69) is 4.98 Å². The van der Waals surface area contributed by atoms with Gasteiger partial charge in [-0.3, -0.25) is 0 Å². The van der Waals surface area contributed by atoms with Crippen LogP contribution in [0, 0.1) is 0 Å². The van der Waals surface area contributed by atoms with Gasteiger partial charge >= 0.3 is 10.2 Å². The number of halogens is 1. The van der Waals surface area contributed by atoms with Gasteiger partial charge in [0.25, 0.3) is 0 Å². The minimum absolute atomic E-state index is 0.320. The maximum atomic E-state index is 11.7. The van der Waals surface area contributed by atoms with Gasteiger partial charge in [0.2, 0.25) is 0 Å². The molecule has 5 nitrogen and oxygen atoms in total. The smallest absolute Gasteiger partial charge is 0.239 e. The van der Waals surface area contributed by atoms with Crippen molar-refractivity contribution in [2.24, 2.45) is 0 Å². The summed E-state index contributed by atoms with van der Waals surface area (Å²) >= 11 is 5.79. The van der Waals surface area contributed by atoms with Gasteiger partial charge in [-0.25, -0.2) is 8.96 Å². The fraction of sp³-hybridized carbons (Fsp3) is 0.571. The number of imidazole rings is 1. The Morgan fingerprint density at radius 3 is 2.57 bits per heavy atom. The van der Waals surface area contributed by atoms with Gasteiger partial charge in [-0.05, 0) is 6.92 Å². The molecular weight excluding hydrogens is 226 g/mol. The van der Waals surface area contributed by atoms with Crippen LogP contribution in [0.15, 0.2) is 12.4 Å². The molecule has 0 fully saturated rings. The minimum Gasteiger partial charge on any atom is -0.239 e. The van der Waals surface area contributed by atoms with Crippen molar-refractivity contribution in [3.8, 4) is 0 Å². The van der Waals surface area contributed by atoms with E-state index in [0.717, 1.165) is 8.28 Å². The first-order valence-corrected chi connectivity index (χ1v) is 5.81. The van der Waals surface area contributed by atoms with E-state index in [1.165, 1.54) is 26.5 Å². The lowest BCUT2D eigenvalue weighted by atomic mass is 10.5. The molecule has 0 spiro atoms. The van der Waals surface area contributed by atoms with Gasteiger partial charge < -0.3 is 0 Å². The molecule has 1 rings (SSSR count). The van der Waals surface area contributed by atoms with Crippen LogP contribution in [0.3, 0.4) is 0 Å². The second kappa shape index (κ2) is 3.88. The molecule has 80 valence electrons. The molecule has 1 heterocycles. The van der Waals surface area contributed by atoms with E-state index in [9.17, 15) is 8.42 Å². The zero-order valence-electron chi connectivity index (χ0n) is 8.18. The van der Waals surface area contributed by atoms with E-state index in [4.69, 9.17) is 11.6 Å². The van der Waals surface area contributed by atoms with E-state index in [0.29, 0.717) is 5.82 Å². The van der Waals surface area contributed by atoms with Gasteiger partial charge in [-0.15, -0.1) is 11.6 Å². The molecule has 0 aliphatic rings. The molecule has 0 aliphatic heterocycles. The number of rotatable bonds is 3. The monoisotopic (exact) mass is 237 g/mol. The van der Waals surface area contributed by atoms with Crippen LogP contribution in [-0.4, -0.2) is 35.8 Å². The molecule has 1 aromatic heterocycles. The molecule has 7 heteroatoms. The molecule has 0 saturated carbocycles. The van der Waals surface area contributed by atoms with Gasteiger partial charge in [0, 0.05) is 26.5 Å². The lowest BCUT2D eigenvalue weighted by molar-refractivity contribution is 0.508. The fourth-order valence-electron chi connectivity index (χ4n) is 0.953. The Morgan fingerprint density at radius 2 is 2.14 bits per heavy atom. The highest BCUT2D eigenvalue weighted by Gasteiger charge is 2.21. The first-order valence-electron chi connectivity index (χ1n) is 3.97. The van der Waals surface area contributed by atoms with E-state index >= 15 is 0 Å². The summed E-state index contributed by atoms with van der Waals surface area (Å²) in [6.07, 6.45) is 2.79. The number of hydrogen-bond donors (Lipinski definition) is 0. The predicted molar refractivity (Wildman–Crippen MR) is 54.5 cm³/mol. The summed E-state index contributed by atoms with van der Waals surface area (Å²) in [5.41, 5.74) is 0. The lowest BCUT2D eigenvalue weighted by Crippen LogP contribution is -2.29. The highest BCUT2D eigenvalue weighted by molar-refractivity contribution is 7.87. The molecule has 0 radical (unpaired) electrons. The van der Waals surface area contributed by atoms with E-state index < -0.39 is 15.6 Å². The van der Waals surface area contributed by atoms with Crippen LogP contribution in [-0.2, 0) is 10.2 Å². The molecule has 0 aliphatic carbocycles. The van der Waals surface area contributed by atoms with E-state index in [1.54, 1.807) is 6.92 Å². The summed E-state index contributed by atoms with van der Waals surface area (Å²) in [6.45, 7) is 1.67. The maximum absolute atomic E-state index is 11.7. The molecule has 0 N–H and O–H groups in total. The Kier molecular flexibility index (Phi) is 3.18. The van der Waals surface area contributed by atoms with E-state index in [-0.39, 0.29) is 0 Å². The standard InChI is InChI=1S/C7H12ClN3O2S/c1-6(8)7-9-4-5-11(7)14(12,13)10(2)3/h4-6H,1-3H3. The van der Waals surface area contributed by atoms with Crippen LogP contribution in [0.1, 0.15) is 18.1 Å². The summed E-state index contributed by atoms with van der Waals surface area (Å²) in [5, 5.41) is -0.445. The minimum atomic E-state index is -3.51. The molecule has 1 atom stereocenters.